The summed E-state index contributed by atoms with van der Waals surface area (Å²) in [6.45, 7) is 0. The first-order valence-electron chi connectivity index (χ1n) is 7.51. The molecule has 0 aliphatic rings. The van der Waals surface area contributed by atoms with Gasteiger partial charge in [0.2, 0.25) is 6.10 Å². The summed E-state index contributed by atoms with van der Waals surface area (Å²) in [6.07, 6.45) is -1.33. The van der Waals surface area contributed by atoms with Crippen LogP contribution in [0.1, 0.15) is 17.2 Å². The maximum Gasteiger partial charge on any atom is 0.321 e. The van der Waals surface area contributed by atoms with Crippen molar-refractivity contribution in [3.8, 4) is 0 Å². The van der Waals surface area contributed by atoms with Gasteiger partial charge in [-0.3, -0.25) is 14.9 Å². The Morgan fingerprint density at radius 3 is 2.32 bits per heavy atom. The van der Waals surface area contributed by atoms with E-state index in [0.717, 1.165) is 0 Å². The molecule has 1 unspecified atom stereocenters. The van der Waals surface area contributed by atoms with Crippen LogP contribution in [0.5, 0.6) is 0 Å². The van der Waals surface area contributed by atoms with Crippen molar-refractivity contribution in [1.29, 1.82) is 0 Å². The van der Waals surface area contributed by atoms with Crippen LogP contribution in [-0.4, -0.2) is 25.0 Å². The largest absolute Gasteiger partial charge is 0.447 e. The van der Waals surface area contributed by atoms with Gasteiger partial charge in [0.25, 0.3) is 5.91 Å². The molecular formula is C18H17ClN2O4. The van der Waals surface area contributed by atoms with Crippen LogP contribution in [0.3, 0.4) is 0 Å². The van der Waals surface area contributed by atoms with Crippen LogP contribution in [-0.2, 0) is 20.7 Å². The molecule has 6 nitrogen and oxygen atoms in total. The molecule has 2 aromatic carbocycles. The summed E-state index contributed by atoms with van der Waals surface area (Å²) in [7, 11) is 1.38. The average molecular weight is 361 g/mol. The number of urea groups is 1. The number of carbonyl (C=O) groups excluding carboxylic acids is 3. The molecule has 130 valence electrons. The van der Waals surface area contributed by atoms with Gasteiger partial charge in [0, 0.05) is 17.6 Å². The Kier molecular flexibility index (Phi) is 6.54. The molecule has 0 saturated heterocycles. The molecule has 0 bridgehead atoms. The molecule has 25 heavy (non-hydrogen) atoms. The van der Waals surface area contributed by atoms with E-state index in [1.165, 1.54) is 7.05 Å². The Labute approximate surface area is 150 Å². The third-order valence-electron chi connectivity index (χ3n) is 3.35. The average Bonchev–Trinajstić information content (AvgIpc) is 2.62. The van der Waals surface area contributed by atoms with E-state index < -0.39 is 24.0 Å². The Bertz CT molecular complexity index is 765. The summed E-state index contributed by atoms with van der Waals surface area (Å²) < 4.78 is 5.31. The van der Waals surface area contributed by atoms with E-state index in [1.54, 1.807) is 54.6 Å². The van der Waals surface area contributed by atoms with E-state index in [2.05, 4.69) is 10.6 Å². The minimum atomic E-state index is -1.24. The van der Waals surface area contributed by atoms with Gasteiger partial charge < -0.3 is 10.1 Å². The number of rotatable bonds is 5. The van der Waals surface area contributed by atoms with E-state index in [0.29, 0.717) is 16.1 Å². The third-order valence-corrected chi connectivity index (χ3v) is 3.71. The van der Waals surface area contributed by atoms with Gasteiger partial charge in [0.1, 0.15) is 0 Å². The van der Waals surface area contributed by atoms with Crippen LogP contribution in [0.2, 0.25) is 5.02 Å². The Balaban J connectivity index is 2.15. The number of hydrogen-bond acceptors (Lipinski definition) is 4. The number of hydrogen-bond donors (Lipinski definition) is 2. The quantitative estimate of drug-likeness (QED) is 0.803. The van der Waals surface area contributed by atoms with Crippen LogP contribution in [0, 0.1) is 0 Å². The number of halogens is 1. The van der Waals surface area contributed by atoms with Crippen molar-refractivity contribution in [3.05, 3.63) is 70.7 Å². The molecule has 2 rings (SSSR count). The number of benzene rings is 2. The lowest BCUT2D eigenvalue weighted by atomic mass is 10.1. The van der Waals surface area contributed by atoms with Crippen molar-refractivity contribution >= 4 is 29.5 Å². The Hall–Kier alpha value is -2.86. The highest BCUT2D eigenvalue weighted by Gasteiger charge is 2.26. The van der Waals surface area contributed by atoms with Crippen LogP contribution in [0.15, 0.2) is 54.6 Å². The molecule has 0 aromatic heterocycles. The minimum absolute atomic E-state index is 0.0870. The molecule has 0 radical (unpaired) electrons. The van der Waals surface area contributed by atoms with Crippen molar-refractivity contribution < 1.29 is 19.1 Å². The predicted molar refractivity (Wildman–Crippen MR) is 93.0 cm³/mol. The van der Waals surface area contributed by atoms with Crippen molar-refractivity contribution in [2.24, 2.45) is 0 Å². The number of carbonyl (C=O) groups is 3. The maximum absolute atomic E-state index is 12.3. The summed E-state index contributed by atoms with van der Waals surface area (Å²) in [4.78, 5) is 35.9. The maximum atomic E-state index is 12.3. The number of amides is 3. The first-order valence-corrected chi connectivity index (χ1v) is 7.89. The molecule has 1 atom stereocenters. The molecule has 0 aliphatic carbocycles. The lowest BCUT2D eigenvalue weighted by Gasteiger charge is -2.17. The molecule has 0 spiro atoms. The second-order valence-corrected chi connectivity index (χ2v) is 5.52. The van der Waals surface area contributed by atoms with Crippen molar-refractivity contribution in [1.82, 2.24) is 10.6 Å². The zero-order valence-electron chi connectivity index (χ0n) is 13.5. The van der Waals surface area contributed by atoms with Crippen LogP contribution in [0.25, 0.3) is 0 Å². The molecule has 0 fully saturated rings. The fraction of sp³-hybridized carbons (Fsp3) is 0.167. The van der Waals surface area contributed by atoms with Gasteiger partial charge in [-0.2, -0.15) is 0 Å². The summed E-state index contributed by atoms with van der Waals surface area (Å²) in [6, 6.07) is 14.6. The van der Waals surface area contributed by atoms with E-state index in [9.17, 15) is 14.4 Å². The normalized spacial score (nSPS) is 11.3. The van der Waals surface area contributed by atoms with Crippen molar-refractivity contribution in [2.75, 3.05) is 7.05 Å². The summed E-state index contributed by atoms with van der Waals surface area (Å²) in [5.41, 5.74) is 1.05. The smallest absolute Gasteiger partial charge is 0.321 e. The van der Waals surface area contributed by atoms with E-state index in [-0.39, 0.29) is 6.42 Å². The fourth-order valence-corrected chi connectivity index (χ4v) is 2.31. The van der Waals surface area contributed by atoms with Crippen molar-refractivity contribution in [2.45, 2.75) is 12.5 Å². The van der Waals surface area contributed by atoms with Gasteiger partial charge >= 0.3 is 12.0 Å². The molecule has 2 aromatic rings. The first kappa shape index (κ1) is 18.5. The SMILES string of the molecule is CNC(=O)NC(=O)C(OC(=O)Cc1ccccc1Cl)c1ccccc1. The summed E-state index contributed by atoms with van der Waals surface area (Å²) in [5, 5.41) is 4.83. The van der Waals surface area contributed by atoms with Gasteiger partial charge in [-0.25, -0.2) is 4.79 Å². The Morgan fingerprint density at radius 2 is 1.68 bits per heavy atom. The summed E-state index contributed by atoms with van der Waals surface area (Å²) >= 11 is 6.03. The second-order valence-electron chi connectivity index (χ2n) is 5.12. The Morgan fingerprint density at radius 1 is 1.04 bits per heavy atom. The van der Waals surface area contributed by atoms with Gasteiger partial charge in [-0.1, -0.05) is 60.1 Å². The molecule has 7 heteroatoms. The topological polar surface area (TPSA) is 84.5 Å². The molecule has 0 saturated carbocycles. The molecule has 3 amide bonds. The summed E-state index contributed by atoms with van der Waals surface area (Å²) in [5.74, 6) is -1.37. The minimum Gasteiger partial charge on any atom is -0.447 e. The number of esters is 1. The number of ether oxygens (including phenoxy) is 1. The van der Waals surface area contributed by atoms with E-state index >= 15 is 0 Å². The highest BCUT2D eigenvalue weighted by Crippen LogP contribution is 2.20. The van der Waals surface area contributed by atoms with Crippen LogP contribution in [0.4, 0.5) is 4.79 Å². The highest BCUT2D eigenvalue weighted by molar-refractivity contribution is 6.31. The lowest BCUT2D eigenvalue weighted by Crippen LogP contribution is -2.41. The molecule has 0 heterocycles. The fourth-order valence-electron chi connectivity index (χ4n) is 2.11. The molecule has 0 aliphatic heterocycles. The molecule has 2 N–H and O–H groups in total. The number of nitrogens with one attached hydrogen (secondary N) is 2. The third kappa shape index (κ3) is 5.32. The van der Waals surface area contributed by atoms with Gasteiger partial charge in [0.05, 0.1) is 6.42 Å². The molecular weight excluding hydrogens is 344 g/mol. The second kappa shape index (κ2) is 8.84. The number of imide groups is 1. The van der Waals surface area contributed by atoms with Gasteiger partial charge in [0.15, 0.2) is 0 Å². The van der Waals surface area contributed by atoms with Gasteiger partial charge in [-0.15, -0.1) is 0 Å². The van der Waals surface area contributed by atoms with E-state index in [1.807, 2.05) is 0 Å². The monoisotopic (exact) mass is 360 g/mol. The van der Waals surface area contributed by atoms with E-state index in [4.69, 9.17) is 16.3 Å². The van der Waals surface area contributed by atoms with Gasteiger partial charge in [-0.05, 0) is 11.6 Å². The standard InChI is InChI=1S/C18H17ClN2O4/c1-20-18(24)21-17(23)16(12-7-3-2-4-8-12)25-15(22)11-13-9-5-6-10-14(13)19/h2-10,16H,11H2,1H3,(H2,20,21,23,24). The first-order chi connectivity index (χ1) is 12.0. The zero-order chi connectivity index (χ0) is 18.2. The predicted octanol–water partition coefficient (Wildman–Crippen LogP) is 2.62. The lowest BCUT2D eigenvalue weighted by molar-refractivity contribution is -0.155. The van der Waals surface area contributed by atoms with Crippen LogP contribution < -0.4 is 10.6 Å². The van der Waals surface area contributed by atoms with Crippen LogP contribution >= 0.6 is 11.6 Å². The van der Waals surface area contributed by atoms with Crippen molar-refractivity contribution in [3.63, 3.8) is 0 Å². The highest BCUT2D eigenvalue weighted by atomic mass is 35.5. The zero-order valence-corrected chi connectivity index (χ0v) is 14.2.